The number of nitrogens with one attached hydrogen (secondary N) is 2. The minimum atomic E-state index is -1.25. The SMILES string of the molecule is N#CCNC(=O)C(=O)Nc1c(F)cccc1F. The zero-order chi connectivity index (χ0) is 12.8. The second-order valence-corrected chi connectivity index (χ2v) is 2.89. The van der Waals surface area contributed by atoms with Crippen LogP contribution < -0.4 is 10.6 Å². The average molecular weight is 239 g/mol. The summed E-state index contributed by atoms with van der Waals surface area (Å²) in [6.45, 7) is -0.369. The number of nitriles is 1. The molecule has 0 aliphatic heterocycles. The van der Waals surface area contributed by atoms with Crippen molar-refractivity contribution in [1.82, 2.24) is 5.32 Å². The fourth-order valence-electron chi connectivity index (χ4n) is 0.988. The van der Waals surface area contributed by atoms with Crippen LogP contribution in [0.15, 0.2) is 18.2 Å². The molecule has 0 saturated carbocycles. The smallest absolute Gasteiger partial charge is 0.313 e. The average Bonchev–Trinajstić information content (AvgIpc) is 2.30. The summed E-state index contributed by atoms with van der Waals surface area (Å²) in [5.41, 5.74) is -0.704. The number of carbonyl (C=O) groups is 2. The molecule has 0 fully saturated rings. The first-order valence-corrected chi connectivity index (χ1v) is 4.46. The van der Waals surface area contributed by atoms with Gasteiger partial charge in [0.15, 0.2) is 0 Å². The summed E-state index contributed by atoms with van der Waals surface area (Å²) < 4.78 is 26.2. The van der Waals surface area contributed by atoms with E-state index < -0.39 is 29.1 Å². The highest BCUT2D eigenvalue weighted by molar-refractivity contribution is 6.39. The monoisotopic (exact) mass is 239 g/mol. The number of amides is 2. The van der Waals surface area contributed by atoms with Crippen molar-refractivity contribution in [1.29, 1.82) is 5.26 Å². The summed E-state index contributed by atoms with van der Waals surface area (Å²) in [5.74, 6) is -4.38. The summed E-state index contributed by atoms with van der Waals surface area (Å²) in [4.78, 5) is 22.2. The number of anilines is 1. The lowest BCUT2D eigenvalue weighted by Gasteiger charge is -2.06. The third-order valence-corrected chi connectivity index (χ3v) is 1.74. The van der Waals surface area contributed by atoms with E-state index in [0.717, 1.165) is 18.2 Å². The summed E-state index contributed by atoms with van der Waals surface area (Å²) >= 11 is 0. The summed E-state index contributed by atoms with van der Waals surface area (Å²) in [6, 6.07) is 4.57. The lowest BCUT2D eigenvalue weighted by atomic mass is 10.3. The number of halogens is 2. The van der Waals surface area contributed by atoms with E-state index in [4.69, 9.17) is 5.26 Å². The molecule has 17 heavy (non-hydrogen) atoms. The Morgan fingerprint density at radius 3 is 2.35 bits per heavy atom. The number of para-hydroxylation sites is 1. The van der Waals surface area contributed by atoms with Gasteiger partial charge in [-0.1, -0.05) is 6.07 Å². The molecule has 0 aliphatic rings. The van der Waals surface area contributed by atoms with Gasteiger partial charge < -0.3 is 10.6 Å². The highest BCUT2D eigenvalue weighted by Gasteiger charge is 2.17. The Hall–Kier alpha value is -2.49. The van der Waals surface area contributed by atoms with Crippen LogP contribution >= 0.6 is 0 Å². The Morgan fingerprint density at radius 2 is 1.82 bits per heavy atom. The van der Waals surface area contributed by atoms with Gasteiger partial charge in [-0.05, 0) is 12.1 Å². The van der Waals surface area contributed by atoms with Crippen LogP contribution in [0.2, 0.25) is 0 Å². The molecule has 0 spiro atoms. The van der Waals surface area contributed by atoms with Crippen molar-refractivity contribution in [3.8, 4) is 6.07 Å². The number of benzene rings is 1. The third kappa shape index (κ3) is 3.24. The van der Waals surface area contributed by atoms with Gasteiger partial charge in [-0.15, -0.1) is 0 Å². The molecular formula is C10H7F2N3O2. The van der Waals surface area contributed by atoms with Crippen molar-refractivity contribution in [3.05, 3.63) is 29.8 Å². The number of carbonyl (C=O) groups excluding carboxylic acids is 2. The second-order valence-electron chi connectivity index (χ2n) is 2.89. The first-order valence-electron chi connectivity index (χ1n) is 4.46. The topological polar surface area (TPSA) is 82.0 Å². The predicted molar refractivity (Wildman–Crippen MR) is 53.6 cm³/mol. The molecule has 0 aromatic heterocycles. The maximum atomic E-state index is 13.1. The van der Waals surface area contributed by atoms with Gasteiger partial charge in [-0.2, -0.15) is 5.26 Å². The van der Waals surface area contributed by atoms with E-state index in [0.29, 0.717) is 0 Å². The van der Waals surface area contributed by atoms with Gasteiger partial charge in [0.05, 0.1) is 6.07 Å². The number of hydrogen-bond donors (Lipinski definition) is 2. The molecule has 0 heterocycles. The molecule has 5 nitrogen and oxygen atoms in total. The molecule has 88 valence electrons. The van der Waals surface area contributed by atoms with E-state index in [-0.39, 0.29) is 6.54 Å². The molecule has 0 saturated heterocycles. The molecule has 1 aromatic rings. The largest absolute Gasteiger partial charge is 0.335 e. The van der Waals surface area contributed by atoms with Gasteiger partial charge in [0.2, 0.25) is 0 Å². The van der Waals surface area contributed by atoms with E-state index in [9.17, 15) is 18.4 Å². The molecule has 1 rings (SSSR count). The van der Waals surface area contributed by atoms with Gasteiger partial charge >= 0.3 is 11.8 Å². The van der Waals surface area contributed by atoms with E-state index in [1.54, 1.807) is 11.4 Å². The third-order valence-electron chi connectivity index (χ3n) is 1.74. The fraction of sp³-hybridized carbons (Fsp3) is 0.100. The zero-order valence-electron chi connectivity index (χ0n) is 8.46. The fourth-order valence-corrected chi connectivity index (χ4v) is 0.988. The Balaban J connectivity index is 2.75. The van der Waals surface area contributed by atoms with Crippen LogP contribution in [0.3, 0.4) is 0 Å². The van der Waals surface area contributed by atoms with Gasteiger partial charge in [0, 0.05) is 0 Å². The standard InChI is InChI=1S/C10H7F2N3O2/c11-6-2-1-3-7(12)8(6)15-10(17)9(16)14-5-4-13/h1-3H,5H2,(H,14,16)(H,15,17). The highest BCUT2D eigenvalue weighted by atomic mass is 19.1. The maximum absolute atomic E-state index is 13.1. The quantitative estimate of drug-likeness (QED) is 0.583. The lowest BCUT2D eigenvalue weighted by Crippen LogP contribution is -2.35. The Labute approximate surface area is 95.0 Å². The molecule has 2 N–H and O–H groups in total. The van der Waals surface area contributed by atoms with Crippen LogP contribution in [0.4, 0.5) is 14.5 Å². The molecular weight excluding hydrogens is 232 g/mol. The Morgan fingerprint density at radius 1 is 1.24 bits per heavy atom. The predicted octanol–water partition coefficient (Wildman–Crippen LogP) is 0.543. The van der Waals surface area contributed by atoms with Crippen LogP contribution in [0.25, 0.3) is 0 Å². The molecule has 0 radical (unpaired) electrons. The Bertz CT molecular complexity index is 477. The Kier molecular flexibility index (Phi) is 4.11. The van der Waals surface area contributed by atoms with Crippen LogP contribution in [0, 0.1) is 23.0 Å². The van der Waals surface area contributed by atoms with E-state index in [1.165, 1.54) is 0 Å². The van der Waals surface area contributed by atoms with E-state index in [1.807, 2.05) is 5.32 Å². The van der Waals surface area contributed by atoms with Crippen molar-refractivity contribution < 1.29 is 18.4 Å². The number of hydrogen-bond acceptors (Lipinski definition) is 3. The molecule has 0 unspecified atom stereocenters. The molecule has 0 atom stereocenters. The van der Waals surface area contributed by atoms with Crippen molar-refractivity contribution in [2.45, 2.75) is 0 Å². The maximum Gasteiger partial charge on any atom is 0.313 e. The van der Waals surface area contributed by atoms with Crippen molar-refractivity contribution in [3.63, 3.8) is 0 Å². The van der Waals surface area contributed by atoms with Crippen molar-refractivity contribution >= 4 is 17.5 Å². The van der Waals surface area contributed by atoms with E-state index in [2.05, 4.69) is 0 Å². The van der Waals surface area contributed by atoms with E-state index >= 15 is 0 Å². The highest BCUT2D eigenvalue weighted by Crippen LogP contribution is 2.17. The molecule has 1 aromatic carbocycles. The van der Waals surface area contributed by atoms with Gasteiger partial charge in [0.1, 0.15) is 23.9 Å². The summed E-state index contributed by atoms with van der Waals surface area (Å²) in [6.07, 6.45) is 0. The summed E-state index contributed by atoms with van der Waals surface area (Å²) in [5, 5.41) is 11.9. The van der Waals surface area contributed by atoms with Crippen LogP contribution in [-0.2, 0) is 9.59 Å². The minimum Gasteiger partial charge on any atom is -0.335 e. The van der Waals surface area contributed by atoms with Crippen molar-refractivity contribution in [2.24, 2.45) is 0 Å². The zero-order valence-corrected chi connectivity index (χ0v) is 8.46. The summed E-state index contributed by atoms with van der Waals surface area (Å²) in [7, 11) is 0. The van der Waals surface area contributed by atoms with Crippen LogP contribution in [0.5, 0.6) is 0 Å². The molecule has 0 aliphatic carbocycles. The second kappa shape index (κ2) is 5.55. The minimum absolute atomic E-state index is 0.369. The normalized spacial score (nSPS) is 9.24. The van der Waals surface area contributed by atoms with Crippen LogP contribution in [-0.4, -0.2) is 18.4 Å². The van der Waals surface area contributed by atoms with Crippen LogP contribution in [0.1, 0.15) is 0 Å². The lowest BCUT2D eigenvalue weighted by molar-refractivity contribution is -0.136. The molecule has 0 bridgehead atoms. The van der Waals surface area contributed by atoms with Gasteiger partial charge in [0.25, 0.3) is 0 Å². The van der Waals surface area contributed by atoms with Gasteiger partial charge in [-0.3, -0.25) is 9.59 Å². The molecule has 2 amide bonds. The first kappa shape index (κ1) is 12.6. The number of nitrogens with zero attached hydrogens (tertiary/aromatic N) is 1. The van der Waals surface area contributed by atoms with Crippen molar-refractivity contribution in [2.75, 3.05) is 11.9 Å². The first-order chi connectivity index (χ1) is 8.06. The molecule has 7 heteroatoms. The number of rotatable bonds is 2. The van der Waals surface area contributed by atoms with Gasteiger partial charge in [-0.25, -0.2) is 8.78 Å².